The van der Waals surface area contributed by atoms with Gasteiger partial charge in [0.2, 0.25) is 0 Å². The fraction of sp³-hybridized carbons (Fsp3) is 0.154. The second-order valence-corrected chi connectivity index (χ2v) is 5.04. The monoisotopic (exact) mass is 276 g/mol. The van der Waals surface area contributed by atoms with Gasteiger partial charge in [0.25, 0.3) is 11.7 Å². The number of carbonyl (C=O) groups is 2. The zero-order valence-electron chi connectivity index (χ0n) is 10.0. The molecule has 0 unspecified atom stereocenters. The van der Waals surface area contributed by atoms with Crippen LogP contribution in [0.5, 0.6) is 0 Å². The van der Waals surface area contributed by atoms with Crippen LogP contribution >= 0.6 is 11.3 Å². The van der Waals surface area contributed by atoms with Gasteiger partial charge in [0, 0.05) is 5.38 Å². The lowest BCUT2D eigenvalue weighted by atomic mass is 10.1. The Morgan fingerprint density at radius 1 is 1.37 bits per heavy atom. The number of carbonyl (C=O) groups excluding carboxylic acids is 2. The van der Waals surface area contributed by atoms with Gasteiger partial charge >= 0.3 is 0 Å². The van der Waals surface area contributed by atoms with Gasteiger partial charge in [-0.05, 0) is 24.6 Å². The maximum atomic E-state index is 13.3. The Kier molecular flexibility index (Phi) is 2.67. The summed E-state index contributed by atoms with van der Waals surface area (Å²) < 4.78 is 13.3. The minimum absolute atomic E-state index is 0.137. The van der Waals surface area contributed by atoms with Gasteiger partial charge in [0.1, 0.15) is 5.82 Å². The number of halogens is 1. The van der Waals surface area contributed by atoms with E-state index in [2.05, 4.69) is 4.98 Å². The Morgan fingerprint density at radius 2 is 2.16 bits per heavy atom. The first-order valence-corrected chi connectivity index (χ1v) is 6.55. The lowest BCUT2D eigenvalue weighted by molar-refractivity contribution is -0.114. The molecule has 1 aliphatic heterocycles. The van der Waals surface area contributed by atoms with Gasteiger partial charge in [-0.15, -0.1) is 11.3 Å². The fourth-order valence-corrected chi connectivity index (χ4v) is 2.78. The summed E-state index contributed by atoms with van der Waals surface area (Å²) in [6, 6.07) is 2.43. The third-order valence-corrected chi connectivity index (χ3v) is 3.66. The smallest absolute Gasteiger partial charge is 0.298 e. The number of amides is 1. The van der Waals surface area contributed by atoms with Crippen LogP contribution in [-0.4, -0.2) is 16.7 Å². The number of benzene rings is 1. The summed E-state index contributed by atoms with van der Waals surface area (Å²) in [6.07, 6.45) is 0. The maximum absolute atomic E-state index is 13.3. The third-order valence-electron chi connectivity index (χ3n) is 3.02. The summed E-state index contributed by atoms with van der Waals surface area (Å²) in [5.74, 6) is -1.79. The Morgan fingerprint density at radius 3 is 2.84 bits per heavy atom. The predicted octanol–water partition coefficient (Wildman–Crippen LogP) is 2.32. The van der Waals surface area contributed by atoms with Crippen molar-refractivity contribution in [2.75, 3.05) is 4.90 Å². The Balaban J connectivity index is 2.09. The molecule has 1 amide bonds. The summed E-state index contributed by atoms with van der Waals surface area (Å²) >= 11 is 1.42. The molecule has 1 aromatic heterocycles. The second kappa shape index (κ2) is 4.24. The van der Waals surface area contributed by atoms with Crippen molar-refractivity contribution >= 4 is 28.7 Å². The van der Waals surface area contributed by atoms with Gasteiger partial charge in [-0.25, -0.2) is 9.37 Å². The van der Waals surface area contributed by atoms with Crippen LogP contribution in [0.25, 0.3) is 0 Å². The summed E-state index contributed by atoms with van der Waals surface area (Å²) in [5.41, 5.74) is 3.57. The fourth-order valence-electron chi connectivity index (χ4n) is 2.23. The lowest BCUT2D eigenvalue weighted by Gasteiger charge is -2.17. The van der Waals surface area contributed by atoms with E-state index in [9.17, 15) is 14.0 Å². The van der Waals surface area contributed by atoms with E-state index in [0.717, 1.165) is 6.07 Å². The van der Waals surface area contributed by atoms with Crippen LogP contribution in [0.3, 0.4) is 0 Å². The van der Waals surface area contributed by atoms with Crippen LogP contribution in [0, 0.1) is 12.7 Å². The molecule has 3 rings (SSSR count). The summed E-state index contributed by atoms with van der Waals surface area (Å²) in [4.78, 5) is 29.3. The first-order chi connectivity index (χ1) is 9.08. The largest absolute Gasteiger partial charge is 0.299 e. The molecule has 0 N–H and O–H groups in total. The Labute approximate surface area is 112 Å². The molecule has 0 aliphatic carbocycles. The average Bonchev–Trinajstić information content (AvgIpc) is 2.93. The van der Waals surface area contributed by atoms with E-state index in [-0.39, 0.29) is 12.1 Å². The van der Waals surface area contributed by atoms with E-state index >= 15 is 0 Å². The van der Waals surface area contributed by atoms with E-state index in [1.165, 1.54) is 22.3 Å². The number of anilines is 1. The zero-order valence-corrected chi connectivity index (χ0v) is 10.8. The molecule has 0 radical (unpaired) electrons. The number of Topliss-reactive ketones (excluding diaryl/α,β-unsaturated/α-hetero) is 1. The quantitative estimate of drug-likeness (QED) is 0.791. The molecule has 0 saturated heterocycles. The number of nitrogens with zero attached hydrogens (tertiary/aromatic N) is 2. The zero-order chi connectivity index (χ0) is 13.6. The number of hydrogen-bond donors (Lipinski definition) is 0. The highest BCUT2D eigenvalue weighted by molar-refractivity contribution is 7.07. The van der Waals surface area contributed by atoms with Crippen LogP contribution in [0.4, 0.5) is 10.1 Å². The van der Waals surface area contributed by atoms with Gasteiger partial charge in [0.05, 0.1) is 29.0 Å². The van der Waals surface area contributed by atoms with E-state index in [0.29, 0.717) is 16.9 Å². The van der Waals surface area contributed by atoms with Crippen LogP contribution in [0.15, 0.2) is 23.0 Å². The predicted molar refractivity (Wildman–Crippen MR) is 68.8 cm³/mol. The van der Waals surface area contributed by atoms with Crippen molar-refractivity contribution in [2.45, 2.75) is 13.5 Å². The van der Waals surface area contributed by atoms with Crippen molar-refractivity contribution in [3.8, 4) is 0 Å². The Bertz CT molecular complexity index is 682. The van der Waals surface area contributed by atoms with E-state index < -0.39 is 17.5 Å². The first kappa shape index (κ1) is 12.0. The van der Waals surface area contributed by atoms with Crippen molar-refractivity contribution in [1.29, 1.82) is 0 Å². The van der Waals surface area contributed by atoms with Crippen molar-refractivity contribution in [3.05, 3.63) is 45.7 Å². The van der Waals surface area contributed by atoms with Crippen molar-refractivity contribution in [2.24, 2.45) is 0 Å². The number of fused-ring (bicyclic) bond motifs is 1. The van der Waals surface area contributed by atoms with Crippen molar-refractivity contribution in [1.82, 2.24) is 4.98 Å². The molecule has 19 heavy (non-hydrogen) atoms. The van der Waals surface area contributed by atoms with Crippen molar-refractivity contribution in [3.63, 3.8) is 0 Å². The summed E-state index contributed by atoms with van der Waals surface area (Å²) in [7, 11) is 0. The van der Waals surface area contributed by atoms with Crippen molar-refractivity contribution < 1.29 is 14.0 Å². The minimum atomic E-state index is -0.659. The normalized spacial score (nSPS) is 14.1. The molecular weight excluding hydrogens is 267 g/mol. The highest BCUT2D eigenvalue weighted by Crippen LogP contribution is 2.34. The molecule has 0 bridgehead atoms. The highest BCUT2D eigenvalue weighted by atomic mass is 32.1. The maximum Gasteiger partial charge on any atom is 0.299 e. The summed E-state index contributed by atoms with van der Waals surface area (Å²) in [6.45, 7) is 1.91. The third kappa shape index (κ3) is 1.84. The van der Waals surface area contributed by atoms with Crippen LogP contribution in [-0.2, 0) is 11.3 Å². The molecule has 2 heterocycles. The summed E-state index contributed by atoms with van der Waals surface area (Å²) in [5, 5.41) is 1.81. The molecule has 0 atom stereocenters. The molecule has 0 saturated carbocycles. The lowest BCUT2D eigenvalue weighted by Crippen LogP contribution is -2.29. The second-order valence-electron chi connectivity index (χ2n) is 4.32. The topological polar surface area (TPSA) is 50.3 Å². The van der Waals surface area contributed by atoms with E-state index in [1.54, 1.807) is 12.4 Å². The number of ketones is 1. The van der Waals surface area contributed by atoms with Gasteiger partial charge in [0.15, 0.2) is 0 Å². The molecule has 6 heteroatoms. The highest BCUT2D eigenvalue weighted by Gasteiger charge is 2.37. The van der Waals surface area contributed by atoms with E-state index in [4.69, 9.17) is 0 Å². The molecule has 96 valence electrons. The Hall–Kier alpha value is -2.08. The molecule has 1 aliphatic rings. The number of aromatic nitrogens is 1. The minimum Gasteiger partial charge on any atom is -0.298 e. The van der Waals surface area contributed by atoms with Gasteiger partial charge in [-0.1, -0.05) is 0 Å². The molecule has 1 aromatic carbocycles. The number of thiazole rings is 1. The van der Waals surface area contributed by atoms with Gasteiger partial charge in [-0.2, -0.15) is 0 Å². The number of rotatable bonds is 2. The SMILES string of the molecule is Cc1cc(F)cc2c1N(Cc1cscn1)C(=O)C2=O. The van der Waals surface area contributed by atoms with E-state index in [1.807, 2.05) is 5.38 Å². The van der Waals surface area contributed by atoms with Gasteiger partial charge in [-0.3, -0.25) is 14.5 Å². The van der Waals surface area contributed by atoms with Crippen LogP contribution < -0.4 is 4.90 Å². The van der Waals surface area contributed by atoms with Crippen LogP contribution in [0.2, 0.25) is 0 Å². The number of hydrogen-bond acceptors (Lipinski definition) is 4. The standard InChI is InChI=1S/C13H9FN2O2S/c1-7-2-8(14)3-10-11(7)16(13(18)12(10)17)4-9-5-19-6-15-9/h2-3,5-6H,4H2,1H3. The van der Waals surface area contributed by atoms with Crippen LogP contribution in [0.1, 0.15) is 21.6 Å². The molecule has 0 spiro atoms. The molecule has 2 aromatic rings. The number of aryl methyl sites for hydroxylation is 1. The first-order valence-electron chi connectivity index (χ1n) is 5.61. The molecular formula is C13H9FN2O2S. The molecule has 0 fully saturated rings. The molecule has 4 nitrogen and oxygen atoms in total. The van der Waals surface area contributed by atoms with Gasteiger partial charge < -0.3 is 0 Å². The average molecular weight is 276 g/mol.